The molecule has 0 saturated carbocycles. The highest BCUT2D eigenvalue weighted by Crippen LogP contribution is 2.29. The van der Waals surface area contributed by atoms with Crippen molar-refractivity contribution in [2.45, 2.75) is 19.8 Å². The largest absolute Gasteiger partial charge is 0.369 e. The van der Waals surface area contributed by atoms with Crippen LogP contribution in [0.3, 0.4) is 0 Å². The van der Waals surface area contributed by atoms with Crippen LogP contribution in [0.5, 0.6) is 0 Å². The lowest BCUT2D eigenvalue weighted by Crippen LogP contribution is -2.50. The Labute approximate surface area is 106 Å². The molecule has 1 unspecified atom stereocenters. The standard InChI is InChI=1S/C13H17N3O2/c1-13(12(14)18)5-3-7-16(9-13)11(17)10-4-2-6-15-8-10/h2,4,6,8H,3,5,7,9H2,1H3,(H2,14,18). The van der Waals surface area contributed by atoms with E-state index in [0.717, 1.165) is 12.8 Å². The van der Waals surface area contributed by atoms with Crippen molar-refractivity contribution in [2.75, 3.05) is 13.1 Å². The Hall–Kier alpha value is -1.91. The van der Waals surface area contributed by atoms with Gasteiger partial charge < -0.3 is 10.6 Å². The Kier molecular flexibility index (Phi) is 3.32. The summed E-state index contributed by atoms with van der Waals surface area (Å²) in [4.78, 5) is 29.3. The second-order valence-corrected chi connectivity index (χ2v) is 5.00. The highest BCUT2D eigenvalue weighted by molar-refractivity contribution is 5.94. The summed E-state index contributed by atoms with van der Waals surface area (Å²) in [5, 5.41) is 0. The van der Waals surface area contributed by atoms with Gasteiger partial charge in [0, 0.05) is 25.5 Å². The van der Waals surface area contributed by atoms with Crippen LogP contribution in [0.1, 0.15) is 30.1 Å². The molecule has 2 N–H and O–H groups in total. The van der Waals surface area contributed by atoms with E-state index in [2.05, 4.69) is 4.98 Å². The summed E-state index contributed by atoms with van der Waals surface area (Å²) in [5.41, 5.74) is 5.35. The van der Waals surface area contributed by atoms with E-state index in [1.165, 1.54) is 0 Å². The van der Waals surface area contributed by atoms with Crippen LogP contribution in [0.2, 0.25) is 0 Å². The molecule has 1 saturated heterocycles. The lowest BCUT2D eigenvalue weighted by Gasteiger charge is -2.38. The van der Waals surface area contributed by atoms with Gasteiger partial charge in [0.2, 0.25) is 5.91 Å². The Morgan fingerprint density at radius 3 is 2.89 bits per heavy atom. The van der Waals surface area contributed by atoms with Crippen LogP contribution in [0.15, 0.2) is 24.5 Å². The average Bonchev–Trinajstić information content (AvgIpc) is 2.39. The maximum Gasteiger partial charge on any atom is 0.255 e. The van der Waals surface area contributed by atoms with Gasteiger partial charge >= 0.3 is 0 Å². The summed E-state index contributed by atoms with van der Waals surface area (Å²) < 4.78 is 0. The first-order valence-electron chi connectivity index (χ1n) is 6.02. The normalized spacial score (nSPS) is 23.7. The van der Waals surface area contributed by atoms with E-state index >= 15 is 0 Å². The molecule has 1 aromatic heterocycles. The zero-order valence-corrected chi connectivity index (χ0v) is 10.4. The number of nitrogens with zero attached hydrogens (tertiary/aromatic N) is 2. The molecule has 1 aromatic rings. The van der Waals surface area contributed by atoms with Gasteiger partial charge in [-0.2, -0.15) is 0 Å². The number of aromatic nitrogens is 1. The summed E-state index contributed by atoms with van der Waals surface area (Å²) in [5.74, 6) is -0.429. The topological polar surface area (TPSA) is 76.3 Å². The Bertz CT molecular complexity index is 461. The number of hydrogen-bond donors (Lipinski definition) is 1. The van der Waals surface area contributed by atoms with Crippen molar-refractivity contribution >= 4 is 11.8 Å². The Morgan fingerprint density at radius 1 is 1.50 bits per heavy atom. The number of piperidine rings is 1. The highest BCUT2D eigenvalue weighted by atomic mass is 16.2. The minimum Gasteiger partial charge on any atom is -0.369 e. The van der Waals surface area contributed by atoms with Crippen molar-refractivity contribution in [3.63, 3.8) is 0 Å². The molecule has 1 aliphatic rings. The Morgan fingerprint density at radius 2 is 2.28 bits per heavy atom. The summed E-state index contributed by atoms with van der Waals surface area (Å²) in [6.45, 7) is 2.87. The van der Waals surface area contributed by atoms with Crippen molar-refractivity contribution in [3.05, 3.63) is 30.1 Å². The molecule has 2 rings (SSSR count). The minimum atomic E-state index is -0.615. The first-order chi connectivity index (χ1) is 8.53. The van der Waals surface area contributed by atoms with Crippen LogP contribution >= 0.6 is 0 Å². The first kappa shape index (κ1) is 12.5. The molecule has 0 radical (unpaired) electrons. The summed E-state index contributed by atoms with van der Waals surface area (Å²) in [7, 11) is 0. The molecule has 0 aromatic carbocycles. The van der Waals surface area contributed by atoms with Gasteiger partial charge in [0.05, 0.1) is 11.0 Å². The molecule has 0 spiro atoms. The molecular formula is C13H17N3O2. The van der Waals surface area contributed by atoms with E-state index < -0.39 is 5.41 Å². The quantitative estimate of drug-likeness (QED) is 0.840. The van der Waals surface area contributed by atoms with Gasteiger partial charge in [-0.05, 0) is 31.9 Å². The molecule has 2 amide bonds. The number of carbonyl (C=O) groups is 2. The van der Waals surface area contributed by atoms with Gasteiger partial charge in [-0.15, -0.1) is 0 Å². The highest BCUT2D eigenvalue weighted by Gasteiger charge is 2.37. The number of rotatable bonds is 2. The van der Waals surface area contributed by atoms with Gasteiger partial charge in [0.1, 0.15) is 0 Å². The van der Waals surface area contributed by atoms with Gasteiger partial charge in [-0.1, -0.05) is 0 Å². The van der Waals surface area contributed by atoms with E-state index in [9.17, 15) is 9.59 Å². The summed E-state index contributed by atoms with van der Waals surface area (Å²) in [6, 6.07) is 3.45. The summed E-state index contributed by atoms with van der Waals surface area (Å²) in [6.07, 6.45) is 4.70. The van der Waals surface area contributed by atoms with Gasteiger partial charge in [0.25, 0.3) is 5.91 Å². The van der Waals surface area contributed by atoms with Crippen molar-refractivity contribution in [3.8, 4) is 0 Å². The molecule has 5 nitrogen and oxygen atoms in total. The molecule has 1 aliphatic heterocycles. The number of primary amides is 1. The first-order valence-corrected chi connectivity index (χ1v) is 6.02. The maximum absolute atomic E-state index is 12.2. The van der Waals surface area contributed by atoms with Gasteiger partial charge in [-0.25, -0.2) is 0 Å². The van der Waals surface area contributed by atoms with Crippen LogP contribution in [0, 0.1) is 5.41 Å². The molecule has 2 heterocycles. The van der Waals surface area contributed by atoms with Crippen molar-refractivity contribution in [1.82, 2.24) is 9.88 Å². The predicted octanol–water partition coefficient (Wildman–Crippen LogP) is 0.809. The van der Waals surface area contributed by atoms with Crippen LogP contribution in [-0.4, -0.2) is 34.8 Å². The van der Waals surface area contributed by atoms with E-state index in [1.54, 1.807) is 29.4 Å². The lowest BCUT2D eigenvalue weighted by atomic mass is 9.81. The van der Waals surface area contributed by atoms with Crippen molar-refractivity contribution < 1.29 is 9.59 Å². The molecule has 18 heavy (non-hydrogen) atoms. The second kappa shape index (κ2) is 4.76. The predicted molar refractivity (Wildman–Crippen MR) is 66.7 cm³/mol. The number of nitrogens with two attached hydrogens (primary N) is 1. The fourth-order valence-electron chi connectivity index (χ4n) is 2.29. The number of carbonyl (C=O) groups excluding carboxylic acids is 2. The third-order valence-electron chi connectivity index (χ3n) is 3.49. The van der Waals surface area contributed by atoms with E-state index in [0.29, 0.717) is 18.7 Å². The van der Waals surface area contributed by atoms with Gasteiger partial charge in [-0.3, -0.25) is 14.6 Å². The number of amides is 2. The molecule has 1 fully saturated rings. The second-order valence-electron chi connectivity index (χ2n) is 5.00. The number of pyridine rings is 1. The molecular weight excluding hydrogens is 230 g/mol. The minimum absolute atomic E-state index is 0.0877. The summed E-state index contributed by atoms with van der Waals surface area (Å²) >= 11 is 0. The Balaban J connectivity index is 2.15. The van der Waals surface area contributed by atoms with Crippen LogP contribution < -0.4 is 5.73 Å². The monoisotopic (exact) mass is 247 g/mol. The smallest absolute Gasteiger partial charge is 0.255 e. The molecule has 0 bridgehead atoms. The molecule has 1 atom stereocenters. The molecule has 5 heteroatoms. The number of hydrogen-bond acceptors (Lipinski definition) is 3. The zero-order valence-electron chi connectivity index (χ0n) is 10.4. The number of likely N-dealkylation sites (tertiary alicyclic amines) is 1. The zero-order chi connectivity index (χ0) is 13.2. The maximum atomic E-state index is 12.2. The fraction of sp³-hybridized carbons (Fsp3) is 0.462. The molecule has 0 aliphatic carbocycles. The van der Waals surface area contributed by atoms with Crippen LogP contribution in [-0.2, 0) is 4.79 Å². The van der Waals surface area contributed by atoms with E-state index in [-0.39, 0.29) is 11.8 Å². The lowest BCUT2D eigenvalue weighted by molar-refractivity contribution is -0.129. The molecule has 96 valence electrons. The van der Waals surface area contributed by atoms with E-state index in [1.807, 2.05) is 6.92 Å². The van der Waals surface area contributed by atoms with Gasteiger partial charge in [0.15, 0.2) is 0 Å². The SMILES string of the molecule is CC1(C(N)=O)CCCN(C(=O)c2cccnc2)C1. The average molecular weight is 247 g/mol. The third kappa shape index (κ3) is 2.34. The third-order valence-corrected chi connectivity index (χ3v) is 3.49. The van der Waals surface area contributed by atoms with Crippen LogP contribution in [0.25, 0.3) is 0 Å². The van der Waals surface area contributed by atoms with Crippen molar-refractivity contribution in [2.24, 2.45) is 11.1 Å². The van der Waals surface area contributed by atoms with Crippen molar-refractivity contribution in [1.29, 1.82) is 0 Å². The van der Waals surface area contributed by atoms with Crippen LogP contribution in [0.4, 0.5) is 0 Å². The van der Waals surface area contributed by atoms with E-state index in [4.69, 9.17) is 5.73 Å². The fourth-order valence-corrected chi connectivity index (χ4v) is 2.29.